The summed E-state index contributed by atoms with van der Waals surface area (Å²) in [6, 6.07) is 0. The molecule has 0 radical (unpaired) electrons. The van der Waals surface area contributed by atoms with E-state index in [0.717, 1.165) is 0 Å². The van der Waals surface area contributed by atoms with E-state index < -0.39 is 5.91 Å². The van der Waals surface area contributed by atoms with Crippen molar-refractivity contribution >= 4 is 44.1 Å². The number of Topliss-reactive ketones (excluding diaryl/α,β-unsaturated/α-hetero) is 1. The molecule has 0 aliphatic carbocycles. The van der Waals surface area contributed by atoms with Crippen LogP contribution in [0.1, 0.15) is 17.4 Å². The molecule has 0 spiro atoms. The fourth-order valence-electron chi connectivity index (χ4n) is 0.664. The molecule has 1 heterocycles. The Labute approximate surface area is 92.9 Å². The summed E-state index contributed by atoms with van der Waals surface area (Å²) in [5, 5.41) is 4.38. The summed E-state index contributed by atoms with van der Waals surface area (Å²) in [5.41, 5.74) is 0.345. The summed E-state index contributed by atoms with van der Waals surface area (Å²) in [6.07, 6.45) is 0. The molecule has 0 aromatic carbocycles. The van der Waals surface area contributed by atoms with Crippen molar-refractivity contribution in [3.05, 3.63) is 11.1 Å². The van der Waals surface area contributed by atoms with Crippen molar-refractivity contribution in [2.24, 2.45) is 0 Å². The number of ketones is 1. The zero-order valence-electron chi connectivity index (χ0n) is 7.13. The normalized spacial score (nSPS) is 8.71. The van der Waals surface area contributed by atoms with Crippen LogP contribution in [0.25, 0.3) is 0 Å². The predicted octanol–water partition coefficient (Wildman–Crippen LogP) is 1.64. The topological polar surface area (TPSA) is 59.1 Å². The molecule has 6 heteroatoms. The third-order valence-electron chi connectivity index (χ3n) is 1.25. The van der Waals surface area contributed by atoms with Crippen LogP contribution >= 0.6 is 27.3 Å². The monoisotopic (exact) mass is 272 g/mol. The van der Waals surface area contributed by atoms with E-state index >= 15 is 0 Å². The van der Waals surface area contributed by atoms with Crippen LogP contribution in [-0.4, -0.2) is 16.7 Å². The van der Waals surface area contributed by atoms with Crippen molar-refractivity contribution in [2.45, 2.75) is 6.92 Å². The van der Waals surface area contributed by atoms with Gasteiger partial charge < -0.3 is 0 Å². The van der Waals surface area contributed by atoms with Gasteiger partial charge in [0.25, 0.3) is 0 Å². The molecule has 72 valence electrons. The van der Waals surface area contributed by atoms with Gasteiger partial charge in [0.1, 0.15) is 5.69 Å². The van der Waals surface area contributed by atoms with E-state index in [1.165, 1.54) is 18.3 Å². The summed E-state index contributed by atoms with van der Waals surface area (Å²) in [7, 11) is 0. The number of rotatable bonds is 2. The predicted molar refractivity (Wildman–Crippen MR) is 57.5 cm³/mol. The second kappa shape index (κ2) is 4.88. The molecule has 0 saturated heterocycles. The van der Waals surface area contributed by atoms with Crippen molar-refractivity contribution in [1.29, 1.82) is 0 Å². The number of anilines is 1. The molecule has 0 aliphatic rings. The third-order valence-corrected chi connectivity index (χ3v) is 2.20. The first-order chi connectivity index (χ1) is 6.63. The van der Waals surface area contributed by atoms with Crippen LogP contribution < -0.4 is 5.32 Å². The van der Waals surface area contributed by atoms with Gasteiger partial charge in [0, 0.05) is 34.2 Å². The van der Waals surface area contributed by atoms with Gasteiger partial charge in [0.2, 0.25) is 0 Å². The molecule has 4 nitrogen and oxygen atoms in total. The lowest BCUT2D eigenvalue weighted by atomic mass is 10.4. The lowest BCUT2D eigenvalue weighted by molar-refractivity contribution is -0.111. The van der Waals surface area contributed by atoms with E-state index in [1.807, 2.05) is 0 Å². The van der Waals surface area contributed by atoms with Crippen LogP contribution in [0.15, 0.2) is 5.38 Å². The van der Waals surface area contributed by atoms with Gasteiger partial charge in [0.15, 0.2) is 10.9 Å². The third kappa shape index (κ3) is 2.94. The number of hydrogen-bond acceptors (Lipinski definition) is 4. The van der Waals surface area contributed by atoms with Crippen LogP contribution in [0.5, 0.6) is 0 Å². The summed E-state index contributed by atoms with van der Waals surface area (Å²) in [4.78, 5) is 28.0. The highest BCUT2D eigenvalue weighted by atomic mass is 79.9. The highest BCUT2D eigenvalue weighted by Crippen LogP contribution is 2.15. The Bertz CT molecular complexity index is 430. The van der Waals surface area contributed by atoms with Crippen molar-refractivity contribution in [3.8, 4) is 10.8 Å². The van der Waals surface area contributed by atoms with Gasteiger partial charge in [0.05, 0.1) is 0 Å². The number of aromatic nitrogens is 1. The Morgan fingerprint density at radius 1 is 1.64 bits per heavy atom. The first-order valence-corrected chi connectivity index (χ1v) is 5.20. The summed E-state index contributed by atoms with van der Waals surface area (Å²) < 4.78 is 0. The molecule has 1 N–H and O–H groups in total. The molecule has 1 rings (SSSR count). The molecule has 0 unspecified atom stereocenters. The molecule has 0 atom stereocenters. The Hall–Kier alpha value is -1.19. The highest BCUT2D eigenvalue weighted by Gasteiger charge is 2.07. The van der Waals surface area contributed by atoms with E-state index in [9.17, 15) is 9.59 Å². The zero-order chi connectivity index (χ0) is 10.6. The van der Waals surface area contributed by atoms with Crippen molar-refractivity contribution < 1.29 is 9.59 Å². The minimum Gasteiger partial charge on any atom is -0.293 e. The van der Waals surface area contributed by atoms with Crippen LogP contribution in [-0.2, 0) is 4.79 Å². The Morgan fingerprint density at radius 2 is 2.36 bits per heavy atom. The van der Waals surface area contributed by atoms with Gasteiger partial charge in [-0.15, -0.1) is 11.3 Å². The molecule has 0 aliphatic heterocycles. The Morgan fingerprint density at radius 3 is 2.86 bits per heavy atom. The summed E-state index contributed by atoms with van der Waals surface area (Å²) in [6.45, 7) is 1.42. The first kappa shape index (κ1) is 10.9. The average molecular weight is 273 g/mol. The molecule has 0 fully saturated rings. The van der Waals surface area contributed by atoms with Crippen LogP contribution in [0, 0.1) is 10.8 Å². The van der Waals surface area contributed by atoms with E-state index in [0.29, 0.717) is 10.8 Å². The smallest absolute Gasteiger partial charge is 0.293 e. The molecular weight excluding hydrogens is 268 g/mol. The van der Waals surface area contributed by atoms with E-state index in [2.05, 4.69) is 37.0 Å². The summed E-state index contributed by atoms with van der Waals surface area (Å²) >= 11 is 3.98. The minimum atomic E-state index is -0.466. The van der Waals surface area contributed by atoms with Gasteiger partial charge in [-0.1, -0.05) is 0 Å². The molecule has 0 bridgehead atoms. The second-order valence-electron chi connectivity index (χ2n) is 2.27. The Kier molecular flexibility index (Phi) is 3.80. The highest BCUT2D eigenvalue weighted by molar-refractivity contribution is 9.12. The standard InChI is InChI=1S/C8H5BrN2O2S/c1-5(12)6-4-14-8(10-6)11-7(13)2-3-9/h4H,1H3,(H,10,11,13). The largest absolute Gasteiger partial charge is 0.302 e. The minimum absolute atomic E-state index is 0.131. The van der Waals surface area contributed by atoms with Gasteiger partial charge >= 0.3 is 5.91 Å². The first-order valence-electron chi connectivity index (χ1n) is 3.52. The van der Waals surface area contributed by atoms with E-state index in [4.69, 9.17) is 0 Å². The van der Waals surface area contributed by atoms with Gasteiger partial charge in [-0.25, -0.2) is 4.98 Å². The molecule has 1 aromatic heterocycles. The SMILES string of the molecule is CC(=O)c1csc(NC(=O)C#CBr)n1. The molecule has 1 amide bonds. The van der Waals surface area contributed by atoms with Crippen LogP contribution in [0.4, 0.5) is 5.13 Å². The zero-order valence-corrected chi connectivity index (χ0v) is 9.53. The van der Waals surface area contributed by atoms with Crippen molar-refractivity contribution in [3.63, 3.8) is 0 Å². The lowest BCUT2D eigenvalue weighted by Crippen LogP contribution is -2.08. The number of halogens is 1. The van der Waals surface area contributed by atoms with Gasteiger partial charge in [-0.3, -0.25) is 14.9 Å². The number of hydrogen-bond donors (Lipinski definition) is 1. The second-order valence-corrected chi connectivity index (χ2v) is 3.52. The van der Waals surface area contributed by atoms with E-state index in [1.54, 1.807) is 5.38 Å². The van der Waals surface area contributed by atoms with Gasteiger partial charge in [-0.2, -0.15) is 0 Å². The maximum atomic E-state index is 11.0. The molecule has 0 saturated carbocycles. The van der Waals surface area contributed by atoms with Crippen LogP contribution in [0.2, 0.25) is 0 Å². The lowest BCUT2D eigenvalue weighted by Gasteiger charge is -1.91. The number of nitrogens with one attached hydrogen (secondary N) is 1. The maximum Gasteiger partial charge on any atom is 0.302 e. The number of nitrogens with zero attached hydrogens (tertiary/aromatic N) is 1. The fraction of sp³-hybridized carbons (Fsp3) is 0.125. The number of carbonyl (C=O) groups is 2. The Balaban J connectivity index is 2.72. The number of carbonyl (C=O) groups excluding carboxylic acids is 2. The number of thiazole rings is 1. The van der Waals surface area contributed by atoms with Crippen molar-refractivity contribution in [2.75, 3.05) is 5.32 Å². The fourth-order valence-corrected chi connectivity index (χ4v) is 1.59. The molecule has 14 heavy (non-hydrogen) atoms. The average Bonchev–Trinajstić information content (AvgIpc) is 2.53. The van der Waals surface area contributed by atoms with E-state index in [-0.39, 0.29) is 5.78 Å². The van der Waals surface area contributed by atoms with Gasteiger partial charge in [-0.05, 0) is 4.83 Å². The van der Waals surface area contributed by atoms with Crippen molar-refractivity contribution in [1.82, 2.24) is 4.98 Å². The molecular formula is C8H5BrN2O2S. The summed E-state index contributed by atoms with van der Waals surface area (Å²) in [5.74, 6) is 1.63. The molecule has 1 aromatic rings. The number of amides is 1. The maximum absolute atomic E-state index is 11.0. The quantitative estimate of drug-likeness (QED) is 0.658. The van der Waals surface area contributed by atoms with Crippen LogP contribution in [0.3, 0.4) is 0 Å².